The highest BCUT2D eigenvalue weighted by Crippen LogP contribution is 2.64. The van der Waals surface area contributed by atoms with Crippen molar-refractivity contribution < 1.29 is 0 Å². The van der Waals surface area contributed by atoms with Crippen LogP contribution in [-0.2, 0) is 5.41 Å². The number of fused-ring (bicyclic) bond motifs is 16. The summed E-state index contributed by atoms with van der Waals surface area (Å²) >= 11 is 0. The van der Waals surface area contributed by atoms with Crippen LogP contribution in [0.2, 0.25) is 0 Å². The van der Waals surface area contributed by atoms with Crippen LogP contribution in [0.1, 0.15) is 22.3 Å². The predicted octanol–water partition coefficient (Wildman–Crippen LogP) is 12.8. The van der Waals surface area contributed by atoms with Gasteiger partial charge in [-0.2, -0.15) is 0 Å². The van der Waals surface area contributed by atoms with Crippen molar-refractivity contribution in [3.63, 3.8) is 0 Å². The van der Waals surface area contributed by atoms with Crippen LogP contribution in [0.25, 0.3) is 88.0 Å². The standard InChI is InChI=1S/C51H30N2/c1-2-13-38-31(10-1)23-25-45-48(38)42-29-34-21-22-35(28-36(34)30-46(42)51(45)43-17-7-5-14-39(43)40-15-6-8-18-44(40)51)37-12-3-4-16-41(37)47-26-24-33-20-19-32-11-9-27-52-49(32)50(33)53-47/h1-30H. The van der Waals surface area contributed by atoms with Crippen LogP contribution in [0.3, 0.4) is 0 Å². The van der Waals surface area contributed by atoms with Crippen LogP contribution in [0.4, 0.5) is 0 Å². The molecule has 0 radical (unpaired) electrons. The van der Waals surface area contributed by atoms with Gasteiger partial charge in [0, 0.05) is 22.5 Å². The van der Waals surface area contributed by atoms with Crippen LogP contribution in [0, 0.1) is 0 Å². The molecule has 2 aromatic heterocycles. The molecule has 1 spiro atoms. The molecule has 8 aromatic carbocycles. The topological polar surface area (TPSA) is 25.8 Å². The minimum atomic E-state index is -0.407. The van der Waals surface area contributed by atoms with Crippen LogP contribution in [-0.4, -0.2) is 9.97 Å². The third kappa shape index (κ3) is 3.82. The number of benzene rings is 8. The van der Waals surface area contributed by atoms with E-state index in [0.29, 0.717) is 0 Å². The summed E-state index contributed by atoms with van der Waals surface area (Å²) in [6.07, 6.45) is 1.85. The average Bonchev–Trinajstić information content (AvgIpc) is 3.69. The molecule has 12 rings (SSSR count). The van der Waals surface area contributed by atoms with E-state index in [4.69, 9.17) is 9.97 Å². The molecule has 53 heavy (non-hydrogen) atoms. The van der Waals surface area contributed by atoms with Gasteiger partial charge in [0.15, 0.2) is 0 Å². The average molecular weight is 671 g/mol. The zero-order chi connectivity index (χ0) is 34.7. The lowest BCUT2D eigenvalue weighted by Crippen LogP contribution is -2.25. The minimum absolute atomic E-state index is 0.407. The summed E-state index contributed by atoms with van der Waals surface area (Å²) in [5.41, 5.74) is 16.6. The number of hydrogen-bond acceptors (Lipinski definition) is 2. The van der Waals surface area contributed by atoms with Crippen molar-refractivity contribution >= 4 is 43.4 Å². The van der Waals surface area contributed by atoms with Crippen molar-refractivity contribution in [1.29, 1.82) is 0 Å². The third-order valence-corrected chi connectivity index (χ3v) is 11.9. The molecule has 2 nitrogen and oxygen atoms in total. The summed E-state index contributed by atoms with van der Waals surface area (Å²) in [6, 6.07) is 64.9. The van der Waals surface area contributed by atoms with Crippen LogP contribution in [0.5, 0.6) is 0 Å². The van der Waals surface area contributed by atoms with E-state index in [1.165, 1.54) is 71.6 Å². The summed E-state index contributed by atoms with van der Waals surface area (Å²) in [4.78, 5) is 9.96. The molecule has 0 atom stereocenters. The molecule has 0 aliphatic heterocycles. The summed E-state index contributed by atoms with van der Waals surface area (Å²) in [5, 5.41) is 7.24. The number of aromatic nitrogens is 2. The van der Waals surface area contributed by atoms with Crippen molar-refractivity contribution in [3.8, 4) is 44.6 Å². The van der Waals surface area contributed by atoms with Crippen molar-refractivity contribution in [2.24, 2.45) is 0 Å². The zero-order valence-electron chi connectivity index (χ0n) is 28.7. The molecule has 0 saturated heterocycles. The Kier molecular flexibility index (Phi) is 5.73. The second-order valence-corrected chi connectivity index (χ2v) is 14.5. The Hall–Kier alpha value is -6.90. The molecule has 10 aromatic rings. The first kappa shape index (κ1) is 28.8. The summed E-state index contributed by atoms with van der Waals surface area (Å²) in [7, 11) is 0. The molecular formula is C51H30N2. The maximum atomic E-state index is 5.25. The SMILES string of the molecule is c1ccc(-c2ccc3ccc4cccnc4c3n2)c(-c2ccc3cc4c(cc3c2)C2(c3ccccc3-c3ccccc32)c2ccc3ccccc3c2-4)c1. The Bertz CT molecular complexity index is 3140. The zero-order valence-corrected chi connectivity index (χ0v) is 28.7. The number of nitrogens with zero attached hydrogens (tertiary/aromatic N) is 2. The molecule has 2 heterocycles. The highest BCUT2D eigenvalue weighted by molar-refractivity contribution is 6.09. The van der Waals surface area contributed by atoms with Gasteiger partial charge in [0.2, 0.25) is 0 Å². The van der Waals surface area contributed by atoms with Crippen molar-refractivity contribution in [2.45, 2.75) is 5.41 Å². The largest absolute Gasteiger partial charge is 0.254 e. The molecule has 244 valence electrons. The second-order valence-electron chi connectivity index (χ2n) is 14.5. The normalized spacial score (nSPS) is 13.4. The van der Waals surface area contributed by atoms with E-state index < -0.39 is 5.41 Å². The smallest absolute Gasteiger partial charge is 0.0972 e. The van der Waals surface area contributed by atoms with Gasteiger partial charge in [0.05, 0.1) is 22.1 Å². The molecule has 0 fully saturated rings. The van der Waals surface area contributed by atoms with Gasteiger partial charge in [0.25, 0.3) is 0 Å². The van der Waals surface area contributed by atoms with Gasteiger partial charge in [-0.1, -0.05) is 146 Å². The van der Waals surface area contributed by atoms with E-state index in [0.717, 1.165) is 38.6 Å². The van der Waals surface area contributed by atoms with E-state index in [1.807, 2.05) is 12.3 Å². The van der Waals surface area contributed by atoms with E-state index in [1.54, 1.807) is 0 Å². The van der Waals surface area contributed by atoms with Gasteiger partial charge in [-0.3, -0.25) is 4.98 Å². The first-order chi connectivity index (χ1) is 26.3. The molecular weight excluding hydrogens is 641 g/mol. The number of hydrogen-bond donors (Lipinski definition) is 0. The molecule has 0 saturated carbocycles. The van der Waals surface area contributed by atoms with Crippen LogP contribution in [0.15, 0.2) is 182 Å². The molecule has 0 unspecified atom stereocenters. The maximum Gasteiger partial charge on any atom is 0.0972 e. The first-order valence-corrected chi connectivity index (χ1v) is 18.3. The van der Waals surface area contributed by atoms with Crippen molar-refractivity contribution in [2.75, 3.05) is 0 Å². The van der Waals surface area contributed by atoms with Gasteiger partial charge in [-0.05, 0) is 108 Å². The molecule has 0 N–H and O–H groups in total. The van der Waals surface area contributed by atoms with Gasteiger partial charge in [-0.15, -0.1) is 0 Å². The molecule has 2 aliphatic carbocycles. The molecule has 0 amide bonds. The Morgan fingerprint density at radius 1 is 0.358 bits per heavy atom. The van der Waals surface area contributed by atoms with E-state index in [2.05, 4.69) is 170 Å². The minimum Gasteiger partial charge on any atom is -0.254 e. The lowest BCUT2D eigenvalue weighted by Gasteiger charge is -2.30. The molecule has 2 aliphatic rings. The summed E-state index contributed by atoms with van der Waals surface area (Å²) in [6.45, 7) is 0. The van der Waals surface area contributed by atoms with E-state index in [-0.39, 0.29) is 0 Å². The monoisotopic (exact) mass is 670 g/mol. The first-order valence-electron chi connectivity index (χ1n) is 18.3. The second kappa shape index (κ2) is 10.6. The number of pyridine rings is 2. The Balaban J connectivity index is 1.11. The highest BCUT2D eigenvalue weighted by Gasteiger charge is 2.52. The fourth-order valence-electron chi connectivity index (χ4n) is 9.65. The predicted molar refractivity (Wildman–Crippen MR) is 219 cm³/mol. The van der Waals surface area contributed by atoms with Crippen LogP contribution >= 0.6 is 0 Å². The Morgan fingerprint density at radius 3 is 1.83 bits per heavy atom. The lowest BCUT2D eigenvalue weighted by atomic mass is 9.70. The lowest BCUT2D eigenvalue weighted by molar-refractivity contribution is 0.795. The van der Waals surface area contributed by atoms with Gasteiger partial charge in [0.1, 0.15) is 0 Å². The van der Waals surface area contributed by atoms with E-state index in [9.17, 15) is 0 Å². The quantitative estimate of drug-likeness (QED) is 0.171. The number of rotatable bonds is 2. The van der Waals surface area contributed by atoms with Gasteiger partial charge in [-0.25, -0.2) is 4.98 Å². The molecule has 2 heteroatoms. The summed E-state index contributed by atoms with van der Waals surface area (Å²) in [5.74, 6) is 0. The van der Waals surface area contributed by atoms with Crippen molar-refractivity contribution in [1.82, 2.24) is 9.97 Å². The molecule has 0 bridgehead atoms. The van der Waals surface area contributed by atoms with Gasteiger partial charge < -0.3 is 0 Å². The third-order valence-electron chi connectivity index (χ3n) is 11.9. The Morgan fingerprint density at radius 2 is 1.00 bits per heavy atom. The van der Waals surface area contributed by atoms with Crippen LogP contribution < -0.4 is 0 Å². The van der Waals surface area contributed by atoms with Crippen molar-refractivity contribution in [3.05, 3.63) is 204 Å². The maximum absolute atomic E-state index is 5.25. The fourth-order valence-corrected chi connectivity index (χ4v) is 9.65. The Labute approximate surface area is 306 Å². The van der Waals surface area contributed by atoms with E-state index >= 15 is 0 Å². The van der Waals surface area contributed by atoms with Gasteiger partial charge >= 0.3 is 0 Å². The summed E-state index contributed by atoms with van der Waals surface area (Å²) < 4.78 is 0. The fraction of sp³-hybridized carbons (Fsp3) is 0.0196. The highest BCUT2D eigenvalue weighted by atomic mass is 14.8.